The molecule has 1 aliphatic rings. The van der Waals surface area contributed by atoms with Gasteiger partial charge in [0.05, 0.1) is 41.5 Å². The number of rotatable bonds is 6. The van der Waals surface area contributed by atoms with Crippen molar-refractivity contribution in [3.8, 4) is 22.9 Å². The minimum absolute atomic E-state index is 0.308. The number of anilines is 1. The molecule has 4 rings (SSSR count). The summed E-state index contributed by atoms with van der Waals surface area (Å²) in [5.41, 5.74) is 1.06. The fourth-order valence-corrected chi connectivity index (χ4v) is 3.73. The lowest BCUT2D eigenvalue weighted by Crippen LogP contribution is -2.07. The lowest BCUT2D eigenvalue weighted by molar-refractivity contribution is 0.395. The topological polar surface area (TPSA) is 69.2 Å². The van der Waals surface area contributed by atoms with Crippen molar-refractivity contribution in [2.45, 2.75) is 12.8 Å². The maximum Gasteiger partial charge on any atom is 0.165 e. The van der Waals surface area contributed by atoms with Crippen molar-refractivity contribution in [2.24, 2.45) is 5.92 Å². The smallest absolute Gasteiger partial charge is 0.165 e. The minimum atomic E-state index is 0.308. The van der Waals surface area contributed by atoms with Crippen LogP contribution in [0.4, 0.5) is 5.82 Å². The second kappa shape index (κ2) is 7.78. The highest BCUT2D eigenvalue weighted by Crippen LogP contribution is 2.45. The highest BCUT2D eigenvalue weighted by atomic mass is 35.5. The van der Waals surface area contributed by atoms with Crippen LogP contribution in [0.3, 0.4) is 0 Å². The van der Waals surface area contributed by atoms with Crippen molar-refractivity contribution < 1.29 is 9.47 Å². The summed E-state index contributed by atoms with van der Waals surface area (Å²) in [5, 5.41) is 5.17. The van der Waals surface area contributed by atoms with Gasteiger partial charge in [-0.05, 0) is 24.8 Å². The van der Waals surface area contributed by atoms with Crippen molar-refractivity contribution in [3.05, 3.63) is 33.5 Å². The molecule has 0 radical (unpaired) electrons. The number of halogens is 3. The largest absolute Gasteiger partial charge is 0.495 e. The number of fused-ring (bicyclic) bond motifs is 1. The second-order valence-electron chi connectivity index (χ2n) is 6.53. The summed E-state index contributed by atoms with van der Waals surface area (Å²) in [5.74, 6) is 2.51. The molecule has 1 N–H and O–H groups in total. The third kappa shape index (κ3) is 3.64. The van der Waals surface area contributed by atoms with E-state index < -0.39 is 0 Å². The maximum absolute atomic E-state index is 6.54. The van der Waals surface area contributed by atoms with Gasteiger partial charge in [-0.3, -0.25) is 0 Å². The standard InChI is InChI=1S/C19H17Cl3N4O2/c1-27-12-6-13(28-2)17(22)15(16(12)21)19-25-11-8-23-14(20)5-10(11)18(26-19)24-7-9-3-4-9/h5-6,8-9H,3-4,7H2,1-2H3,(H,24,25,26). The fraction of sp³-hybridized carbons (Fsp3) is 0.316. The molecular weight excluding hydrogens is 423 g/mol. The van der Waals surface area contributed by atoms with Crippen LogP contribution in [0.1, 0.15) is 12.8 Å². The predicted molar refractivity (Wildman–Crippen MR) is 112 cm³/mol. The monoisotopic (exact) mass is 438 g/mol. The first-order valence-corrected chi connectivity index (χ1v) is 9.82. The molecule has 2 heterocycles. The Balaban J connectivity index is 1.92. The number of nitrogens with one attached hydrogen (secondary N) is 1. The number of hydrogen-bond acceptors (Lipinski definition) is 6. The van der Waals surface area contributed by atoms with Gasteiger partial charge in [0.25, 0.3) is 0 Å². The summed E-state index contributed by atoms with van der Waals surface area (Å²) in [7, 11) is 3.04. The minimum Gasteiger partial charge on any atom is -0.495 e. The number of nitrogens with zero attached hydrogens (tertiary/aromatic N) is 3. The third-order valence-electron chi connectivity index (χ3n) is 4.60. The van der Waals surface area contributed by atoms with Gasteiger partial charge in [0.2, 0.25) is 0 Å². The van der Waals surface area contributed by atoms with Crippen LogP contribution in [0.25, 0.3) is 22.3 Å². The average molecular weight is 440 g/mol. The summed E-state index contributed by atoms with van der Waals surface area (Å²) in [6.07, 6.45) is 4.04. The first-order chi connectivity index (χ1) is 13.5. The molecule has 1 saturated carbocycles. The summed E-state index contributed by atoms with van der Waals surface area (Å²) in [6.45, 7) is 0.828. The molecule has 1 aliphatic carbocycles. The first kappa shape index (κ1) is 19.3. The number of aromatic nitrogens is 3. The van der Waals surface area contributed by atoms with E-state index in [0.29, 0.717) is 55.3 Å². The van der Waals surface area contributed by atoms with Crippen LogP contribution >= 0.6 is 34.8 Å². The van der Waals surface area contributed by atoms with E-state index >= 15 is 0 Å². The molecule has 6 nitrogen and oxygen atoms in total. The summed E-state index contributed by atoms with van der Waals surface area (Å²) in [6, 6.07) is 3.37. The van der Waals surface area contributed by atoms with Crippen LogP contribution in [-0.4, -0.2) is 35.7 Å². The van der Waals surface area contributed by atoms with Gasteiger partial charge in [-0.1, -0.05) is 34.8 Å². The van der Waals surface area contributed by atoms with Gasteiger partial charge < -0.3 is 14.8 Å². The number of hydrogen-bond donors (Lipinski definition) is 1. The highest BCUT2D eigenvalue weighted by molar-refractivity contribution is 6.41. The van der Waals surface area contributed by atoms with Gasteiger partial charge in [-0.15, -0.1) is 0 Å². The van der Waals surface area contributed by atoms with Crippen molar-refractivity contribution in [3.63, 3.8) is 0 Å². The van der Waals surface area contributed by atoms with Crippen LogP contribution in [0, 0.1) is 5.92 Å². The zero-order chi connectivity index (χ0) is 19.8. The van der Waals surface area contributed by atoms with Gasteiger partial charge in [-0.25, -0.2) is 15.0 Å². The predicted octanol–water partition coefficient (Wildman–Crippen LogP) is 5.49. The molecule has 0 amide bonds. The quantitative estimate of drug-likeness (QED) is 0.512. The molecule has 2 aromatic heterocycles. The Bertz CT molecular complexity index is 1030. The molecular formula is C19H17Cl3N4O2. The number of benzene rings is 1. The number of pyridine rings is 1. The van der Waals surface area contributed by atoms with Crippen LogP contribution in [0.5, 0.6) is 11.5 Å². The van der Waals surface area contributed by atoms with E-state index in [1.54, 1.807) is 18.3 Å². The van der Waals surface area contributed by atoms with Crippen molar-refractivity contribution in [1.82, 2.24) is 15.0 Å². The summed E-state index contributed by atoms with van der Waals surface area (Å²) in [4.78, 5) is 13.4. The molecule has 0 bridgehead atoms. The van der Waals surface area contributed by atoms with E-state index in [9.17, 15) is 0 Å². The lowest BCUT2D eigenvalue weighted by atomic mass is 10.1. The first-order valence-electron chi connectivity index (χ1n) is 8.69. The Morgan fingerprint density at radius 1 is 1.04 bits per heavy atom. The zero-order valence-electron chi connectivity index (χ0n) is 15.2. The molecule has 1 fully saturated rings. The van der Waals surface area contributed by atoms with E-state index in [1.165, 1.54) is 27.1 Å². The van der Waals surface area contributed by atoms with Crippen LogP contribution in [0.15, 0.2) is 18.3 Å². The molecule has 3 aromatic rings. The van der Waals surface area contributed by atoms with Crippen molar-refractivity contribution in [1.29, 1.82) is 0 Å². The molecule has 0 aliphatic heterocycles. The molecule has 0 spiro atoms. The fourth-order valence-electron chi connectivity index (χ4n) is 2.90. The second-order valence-corrected chi connectivity index (χ2v) is 7.67. The van der Waals surface area contributed by atoms with Crippen LogP contribution < -0.4 is 14.8 Å². The summed E-state index contributed by atoms with van der Waals surface area (Å²) < 4.78 is 10.7. The van der Waals surface area contributed by atoms with Gasteiger partial charge in [0.1, 0.15) is 22.5 Å². The van der Waals surface area contributed by atoms with Crippen LogP contribution in [-0.2, 0) is 0 Å². The summed E-state index contributed by atoms with van der Waals surface area (Å²) >= 11 is 19.2. The maximum atomic E-state index is 6.54. The van der Waals surface area contributed by atoms with Crippen LogP contribution in [0.2, 0.25) is 15.2 Å². The van der Waals surface area contributed by atoms with E-state index in [2.05, 4.69) is 15.3 Å². The molecule has 146 valence electrons. The van der Waals surface area contributed by atoms with Gasteiger partial charge >= 0.3 is 0 Å². The Kier molecular flexibility index (Phi) is 5.36. The third-order valence-corrected chi connectivity index (χ3v) is 5.56. The number of ether oxygens (including phenoxy) is 2. The Morgan fingerprint density at radius 2 is 1.71 bits per heavy atom. The van der Waals surface area contributed by atoms with Gasteiger partial charge in [0.15, 0.2) is 5.82 Å². The molecule has 9 heteroatoms. The SMILES string of the molecule is COc1cc(OC)c(Cl)c(-c2nc(NCC3CC3)c3cc(Cl)ncc3n2)c1Cl. The van der Waals surface area contributed by atoms with E-state index in [0.717, 1.165) is 11.9 Å². The lowest BCUT2D eigenvalue weighted by Gasteiger charge is -2.15. The Hall–Kier alpha value is -2.02. The molecule has 1 aromatic carbocycles. The van der Waals surface area contributed by atoms with E-state index in [-0.39, 0.29) is 0 Å². The zero-order valence-corrected chi connectivity index (χ0v) is 17.5. The molecule has 0 saturated heterocycles. The Labute approximate surface area is 177 Å². The van der Waals surface area contributed by atoms with Crippen molar-refractivity contribution in [2.75, 3.05) is 26.1 Å². The van der Waals surface area contributed by atoms with Gasteiger partial charge in [0, 0.05) is 18.0 Å². The van der Waals surface area contributed by atoms with E-state index in [1.807, 2.05) is 0 Å². The average Bonchev–Trinajstić information content (AvgIpc) is 3.51. The van der Waals surface area contributed by atoms with Gasteiger partial charge in [-0.2, -0.15) is 0 Å². The molecule has 0 atom stereocenters. The molecule has 28 heavy (non-hydrogen) atoms. The van der Waals surface area contributed by atoms with Crippen molar-refractivity contribution >= 4 is 51.5 Å². The molecule has 0 unspecified atom stereocenters. The normalized spacial score (nSPS) is 13.6. The highest BCUT2D eigenvalue weighted by Gasteiger charge is 2.24. The Morgan fingerprint density at radius 3 is 2.32 bits per heavy atom. The van der Waals surface area contributed by atoms with E-state index in [4.69, 9.17) is 49.3 Å². The number of methoxy groups -OCH3 is 2.